The SMILES string of the molecule is CSCCC(=O)N1CCc2c(C(=O)N(C)C3CCN(C)C3)n[nH]c2C1. The number of hydrogen-bond acceptors (Lipinski definition) is 5. The number of fused-ring (bicyclic) bond motifs is 1. The van der Waals surface area contributed by atoms with E-state index in [1.807, 2.05) is 23.1 Å². The molecule has 3 heterocycles. The molecule has 138 valence electrons. The van der Waals surface area contributed by atoms with E-state index in [1.165, 1.54) is 0 Å². The third kappa shape index (κ3) is 3.84. The van der Waals surface area contributed by atoms with Gasteiger partial charge < -0.3 is 14.7 Å². The van der Waals surface area contributed by atoms with Crippen LogP contribution in [0, 0.1) is 0 Å². The molecule has 25 heavy (non-hydrogen) atoms. The standard InChI is InChI=1S/C17H27N5O2S/c1-20-7-4-12(10-20)21(2)17(24)16-13-5-8-22(11-14(13)18-19-16)15(23)6-9-25-3/h12H,4-11H2,1-3H3,(H,18,19). The maximum absolute atomic E-state index is 12.9. The number of nitrogens with zero attached hydrogens (tertiary/aromatic N) is 4. The van der Waals surface area contributed by atoms with Crippen LogP contribution in [0.1, 0.15) is 34.6 Å². The molecule has 0 bridgehead atoms. The van der Waals surface area contributed by atoms with Gasteiger partial charge in [0.2, 0.25) is 5.91 Å². The van der Waals surface area contributed by atoms with E-state index in [0.29, 0.717) is 31.6 Å². The molecule has 0 aliphatic carbocycles. The van der Waals surface area contributed by atoms with Crippen molar-refractivity contribution in [2.24, 2.45) is 0 Å². The van der Waals surface area contributed by atoms with Crippen molar-refractivity contribution >= 4 is 23.6 Å². The van der Waals surface area contributed by atoms with Gasteiger partial charge in [-0.05, 0) is 32.7 Å². The number of aromatic nitrogens is 2. The van der Waals surface area contributed by atoms with E-state index < -0.39 is 0 Å². The predicted octanol–water partition coefficient (Wildman–Crippen LogP) is 0.824. The van der Waals surface area contributed by atoms with Crippen LogP contribution >= 0.6 is 11.8 Å². The molecule has 3 rings (SSSR count). The first-order chi connectivity index (χ1) is 12.0. The molecule has 2 amide bonds. The molecule has 0 saturated carbocycles. The Morgan fingerprint density at radius 3 is 2.88 bits per heavy atom. The number of nitrogens with one attached hydrogen (secondary N) is 1. The van der Waals surface area contributed by atoms with Gasteiger partial charge in [-0.3, -0.25) is 14.7 Å². The summed E-state index contributed by atoms with van der Waals surface area (Å²) in [6.45, 7) is 3.12. The molecule has 1 N–H and O–H groups in total. The minimum atomic E-state index is -0.0139. The maximum Gasteiger partial charge on any atom is 0.274 e. The van der Waals surface area contributed by atoms with E-state index in [0.717, 1.165) is 36.5 Å². The number of aromatic amines is 1. The van der Waals surface area contributed by atoms with Crippen LogP contribution in [0.2, 0.25) is 0 Å². The molecule has 8 heteroatoms. The van der Waals surface area contributed by atoms with Gasteiger partial charge in [-0.15, -0.1) is 0 Å². The number of thioether (sulfide) groups is 1. The first kappa shape index (κ1) is 18.3. The first-order valence-corrected chi connectivity index (χ1v) is 10.2. The van der Waals surface area contributed by atoms with Crippen LogP contribution in [0.25, 0.3) is 0 Å². The number of likely N-dealkylation sites (N-methyl/N-ethyl adjacent to an activating group) is 2. The van der Waals surface area contributed by atoms with Crippen molar-refractivity contribution < 1.29 is 9.59 Å². The number of carbonyl (C=O) groups is 2. The predicted molar refractivity (Wildman–Crippen MR) is 98.7 cm³/mol. The summed E-state index contributed by atoms with van der Waals surface area (Å²) in [5, 5.41) is 7.29. The fourth-order valence-electron chi connectivity index (χ4n) is 3.62. The zero-order valence-electron chi connectivity index (χ0n) is 15.2. The number of amides is 2. The lowest BCUT2D eigenvalue weighted by Gasteiger charge is -2.28. The van der Waals surface area contributed by atoms with Gasteiger partial charge in [-0.1, -0.05) is 0 Å². The minimum Gasteiger partial charge on any atom is -0.336 e. The normalized spacial score (nSPS) is 20.6. The van der Waals surface area contributed by atoms with Gasteiger partial charge in [0.25, 0.3) is 5.91 Å². The second kappa shape index (κ2) is 7.78. The Hall–Kier alpha value is -1.54. The molecular weight excluding hydrogens is 338 g/mol. The number of hydrogen-bond donors (Lipinski definition) is 1. The lowest BCUT2D eigenvalue weighted by Crippen LogP contribution is -2.40. The number of H-pyrrole nitrogens is 1. The van der Waals surface area contributed by atoms with E-state index in [2.05, 4.69) is 22.1 Å². The van der Waals surface area contributed by atoms with Crippen LogP contribution in [0.15, 0.2) is 0 Å². The van der Waals surface area contributed by atoms with Crippen LogP contribution in [0.4, 0.5) is 0 Å². The van der Waals surface area contributed by atoms with E-state index in [9.17, 15) is 9.59 Å². The van der Waals surface area contributed by atoms with Crippen LogP contribution in [0.3, 0.4) is 0 Å². The zero-order chi connectivity index (χ0) is 18.0. The van der Waals surface area contributed by atoms with Gasteiger partial charge in [-0.2, -0.15) is 16.9 Å². The largest absolute Gasteiger partial charge is 0.336 e. The maximum atomic E-state index is 12.9. The highest BCUT2D eigenvalue weighted by molar-refractivity contribution is 7.98. The quantitative estimate of drug-likeness (QED) is 0.837. The third-order valence-corrected chi connectivity index (χ3v) is 5.86. The number of rotatable bonds is 5. The Labute approximate surface area is 153 Å². The summed E-state index contributed by atoms with van der Waals surface area (Å²) in [7, 11) is 3.95. The third-order valence-electron chi connectivity index (χ3n) is 5.24. The van der Waals surface area contributed by atoms with Crippen LogP contribution in [-0.4, -0.2) is 88.5 Å². The zero-order valence-corrected chi connectivity index (χ0v) is 16.1. The molecule has 0 spiro atoms. The molecule has 7 nitrogen and oxygen atoms in total. The molecule has 1 fully saturated rings. The van der Waals surface area contributed by atoms with E-state index in [1.54, 1.807) is 11.8 Å². The Morgan fingerprint density at radius 1 is 1.40 bits per heavy atom. The highest BCUT2D eigenvalue weighted by atomic mass is 32.2. The topological polar surface area (TPSA) is 72.5 Å². The minimum absolute atomic E-state index is 0.0139. The van der Waals surface area contributed by atoms with Gasteiger partial charge in [0.1, 0.15) is 0 Å². The van der Waals surface area contributed by atoms with E-state index in [4.69, 9.17) is 0 Å². The smallest absolute Gasteiger partial charge is 0.274 e. The van der Waals surface area contributed by atoms with Gasteiger partial charge >= 0.3 is 0 Å². The second-order valence-electron chi connectivity index (χ2n) is 6.96. The Kier molecular flexibility index (Phi) is 5.68. The number of carbonyl (C=O) groups excluding carboxylic acids is 2. The highest BCUT2D eigenvalue weighted by Gasteiger charge is 2.32. The molecule has 0 aromatic carbocycles. The van der Waals surface area contributed by atoms with Gasteiger partial charge in [0.15, 0.2) is 5.69 Å². The molecule has 0 radical (unpaired) electrons. The Balaban J connectivity index is 1.67. The first-order valence-electron chi connectivity index (χ1n) is 8.79. The monoisotopic (exact) mass is 365 g/mol. The summed E-state index contributed by atoms with van der Waals surface area (Å²) in [4.78, 5) is 31.0. The summed E-state index contributed by atoms with van der Waals surface area (Å²) in [5.74, 6) is 1.00. The fourth-order valence-corrected chi connectivity index (χ4v) is 3.99. The summed E-state index contributed by atoms with van der Waals surface area (Å²) in [6.07, 6.45) is 4.26. The second-order valence-corrected chi connectivity index (χ2v) is 7.94. The van der Waals surface area contributed by atoms with E-state index >= 15 is 0 Å². The van der Waals surface area contributed by atoms with Crippen molar-refractivity contribution in [3.05, 3.63) is 17.0 Å². The Morgan fingerprint density at radius 2 is 2.20 bits per heavy atom. The molecular formula is C17H27N5O2S. The lowest BCUT2D eigenvalue weighted by atomic mass is 10.0. The molecule has 2 aliphatic rings. The highest BCUT2D eigenvalue weighted by Crippen LogP contribution is 2.23. The fraction of sp³-hybridized carbons (Fsp3) is 0.706. The van der Waals surface area contributed by atoms with Crippen molar-refractivity contribution in [1.29, 1.82) is 0 Å². The average Bonchev–Trinajstić information content (AvgIpc) is 3.23. The van der Waals surface area contributed by atoms with Crippen LogP contribution in [0.5, 0.6) is 0 Å². The van der Waals surface area contributed by atoms with Crippen LogP contribution in [-0.2, 0) is 17.8 Å². The van der Waals surface area contributed by atoms with Gasteiger partial charge in [0.05, 0.1) is 12.2 Å². The van der Waals surface area contributed by atoms with E-state index in [-0.39, 0.29) is 17.9 Å². The molecule has 1 aromatic heterocycles. The van der Waals surface area contributed by atoms with Crippen molar-refractivity contribution in [2.45, 2.75) is 31.8 Å². The van der Waals surface area contributed by atoms with Gasteiger partial charge in [-0.25, -0.2) is 0 Å². The van der Waals surface area contributed by atoms with Crippen molar-refractivity contribution in [3.8, 4) is 0 Å². The molecule has 1 saturated heterocycles. The molecule has 2 aliphatic heterocycles. The number of likely N-dealkylation sites (tertiary alicyclic amines) is 1. The Bertz CT molecular complexity index is 647. The summed E-state index contributed by atoms with van der Waals surface area (Å²) < 4.78 is 0. The summed E-state index contributed by atoms with van der Waals surface area (Å²) in [5.41, 5.74) is 2.42. The molecule has 1 atom stereocenters. The van der Waals surface area contributed by atoms with Crippen LogP contribution < -0.4 is 0 Å². The van der Waals surface area contributed by atoms with Crippen molar-refractivity contribution in [2.75, 3.05) is 45.7 Å². The lowest BCUT2D eigenvalue weighted by molar-refractivity contribution is -0.131. The summed E-state index contributed by atoms with van der Waals surface area (Å²) >= 11 is 1.68. The molecule has 1 aromatic rings. The van der Waals surface area contributed by atoms with Gasteiger partial charge in [0, 0.05) is 43.9 Å². The van der Waals surface area contributed by atoms with Crippen molar-refractivity contribution in [1.82, 2.24) is 24.9 Å². The van der Waals surface area contributed by atoms with Crippen molar-refractivity contribution in [3.63, 3.8) is 0 Å². The summed E-state index contributed by atoms with van der Waals surface area (Å²) in [6, 6.07) is 0.248. The molecule has 1 unspecified atom stereocenters. The average molecular weight is 366 g/mol.